The quantitative estimate of drug-likeness (QED) is 0.584. The summed E-state index contributed by atoms with van der Waals surface area (Å²) in [4.78, 5) is 28.4. The molecule has 8 heteroatoms. The molecule has 0 unspecified atom stereocenters. The maximum absolute atomic E-state index is 11.6. The summed E-state index contributed by atoms with van der Waals surface area (Å²) in [5.74, 6) is -0.0118. The zero-order chi connectivity index (χ0) is 14.4. The van der Waals surface area contributed by atoms with Crippen molar-refractivity contribution >= 4 is 40.7 Å². The summed E-state index contributed by atoms with van der Waals surface area (Å²) in [7, 11) is 0. The molecule has 0 saturated carbocycles. The van der Waals surface area contributed by atoms with Gasteiger partial charge in [0.05, 0.1) is 10.6 Å². The van der Waals surface area contributed by atoms with E-state index in [4.69, 9.17) is 5.73 Å². The third-order valence-corrected chi connectivity index (χ3v) is 4.04. The van der Waals surface area contributed by atoms with Crippen molar-refractivity contribution in [2.75, 3.05) is 11.5 Å². The molecule has 6 nitrogen and oxygen atoms in total. The Hall–Kier alpha value is -2.06. The zero-order valence-electron chi connectivity index (χ0n) is 10.3. The number of nitrogens with zero attached hydrogens (tertiary/aromatic N) is 1. The van der Waals surface area contributed by atoms with Crippen molar-refractivity contribution in [2.24, 2.45) is 0 Å². The van der Waals surface area contributed by atoms with Crippen LogP contribution in [0.15, 0.2) is 40.7 Å². The van der Waals surface area contributed by atoms with E-state index in [1.165, 1.54) is 23.1 Å². The molecule has 2 aromatic rings. The van der Waals surface area contributed by atoms with Gasteiger partial charge in [0.15, 0.2) is 0 Å². The van der Waals surface area contributed by atoms with Crippen LogP contribution in [0.2, 0.25) is 0 Å². The number of amides is 2. The molecule has 2 rings (SSSR count). The fraction of sp³-hybridized carbons (Fsp3) is 0.0833. The van der Waals surface area contributed by atoms with Crippen molar-refractivity contribution < 1.29 is 9.59 Å². The van der Waals surface area contributed by atoms with Crippen LogP contribution in [0.25, 0.3) is 0 Å². The number of hydrogen-bond donors (Lipinski definition) is 3. The van der Waals surface area contributed by atoms with Gasteiger partial charge >= 0.3 is 0 Å². The van der Waals surface area contributed by atoms with E-state index in [-0.39, 0.29) is 17.6 Å². The van der Waals surface area contributed by atoms with Gasteiger partial charge in [0.1, 0.15) is 5.82 Å². The van der Waals surface area contributed by atoms with E-state index >= 15 is 0 Å². The average Bonchev–Trinajstić information content (AvgIpc) is 2.98. The molecule has 0 aliphatic carbocycles. The lowest BCUT2D eigenvalue weighted by molar-refractivity contribution is -0.119. The van der Waals surface area contributed by atoms with Gasteiger partial charge in [-0.3, -0.25) is 20.4 Å². The number of hydrogen-bond acceptors (Lipinski definition) is 6. The van der Waals surface area contributed by atoms with E-state index in [0.29, 0.717) is 10.7 Å². The predicted octanol–water partition coefficient (Wildman–Crippen LogP) is 1.28. The molecule has 2 amide bonds. The number of hydrazine groups is 1. The normalized spacial score (nSPS) is 10.0. The molecule has 2 heterocycles. The number of carbonyl (C=O) groups is 2. The standard InChI is InChI=1S/C12H12N4O2S2/c13-10-4-3-8(6-14-10)20-7-11(17)15-16-12(18)9-2-1-5-19-9/h1-6H,7H2,(H2,13,14)(H,15,17)(H,16,18). The van der Waals surface area contributed by atoms with Gasteiger partial charge in [0.2, 0.25) is 5.91 Å². The van der Waals surface area contributed by atoms with Crippen LogP contribution >= 0.6 is 23.1 Å². The number of nitrogen functional groups attached to an aromatic ring is 1. The highest BCUT2D eigenvalue weighted by atomic mass is 32.2. The van der Waals surface area contributed by atoms with Crippen LogP contribution in [0.5, 0.6) is 0 Å². The molecule has 0 saturated heterocycles. The van der Waals surface area contributed by atoms with Crippen molar-refractivity contribution in [2.45, 2.75) is 4.90 Å². The average molecular weight is 308 g/mol. The molecule has 0 radical (unpaired) electrons. The third kappa shape index (κ3) is 4.25. The van der Waals surface area contributed by atoms with Gasteiger partial charge in [-0.1, -0.05) is 6.07 Å². The van der Waals surface area contributed by atoms with Crippen molar-refractivity contribution in [1.82, 2.24) is 15.8 Å². The maximum atomic E-state index is 11.6. The Kier molecular flexibility index (Phi) is 4.97. The third-order valence-electron chi connectivity index (χ3n) is 2.19. The van der Waals surface area contributed by atoms with E-state index in [9.17, 15) is 9.59 Å². The van der Waals surface area contributed by atoms with Gasteiger partial charge in [-0.2, -0.15) is 0 Å². The van der Waals surface area contributed by atoms with Crippen LogP contribution in [0.1, 0.15) is 9.67 Å². The van der Waals surface area contributed by atoms with Crippen molar-refractivity contribution in [3.63, 3.8) is 0 Å². The number of thiophene rings is 1. The molecule has 4 N–H and O–H groups in total. The Balaban J connectivity index is 1.73. The highest BCUT2D eigenvalue weighted by molar-refractivity contribution is 8.00. The summed E-state index contributed by atoms with van der Waals surface area (Å²) >= 11 is 2.61. The molecule has 0 atom stereocenters. The largest absolute Gasteiger partial charge is 0.384 e. The number of nitrogens with two attached hydrogens (primary N) is 1. The molecule has 20 heavy (non-hydrogen) atoms. The Morgan fingerprint density at radius 2 is 2.15 bits per heavy atom. The lowest BCUT2D eigenvalue weighted by atomic mass is 10.4. The van der Waals surface area contributed by atoms with Crippen molar-refractivity contribution in [1.29, 1.82) is 0 Å². The zero-order valence-corrected chi connectivity index (χ0v) is 12.0. The number of pyridine rings is 1. The number of carbonyl (C=O) groups excluding carboxylic acids is 2. The maximum Gasteiger partial charge on any atom is 0.279 e. The van der Waals surface area contributed by atoms with Crippen LogP contribution in [-0.2, 0) is 4.79 Å². The first-order valence-corrected chi connectivity index (χ1v) is 7.48. The predicted molar refractivity (Wildman–Crippen MR) is 79.3 cm³/mol. The molecule has 0 aliphatic rings. The molecular weight excluding hydrogens is 296 g/mol. The summed E-state index contributed by atoms with van der Waals surface area (Å²) in [5.41, 5.74) is 10.2. The van der Waals surface area contributed by atoms with E-state index in [0.717, 1.165) is 4.90 Å². The second kappa shape index (κ2) is 6.92. The van der Waals surface area contributed by atoms with Gasteiger partial charge in [-0.25, -0.2) is 4.98 Å². The van der Waals surface area contributed by atoms with Crippen LogP contribution in [0.3, 0.4) is 0 Å². The topological polar surface area (TPSA) is 97.1 Å². The molecule has 0 aromatic carbocycles. The molecule has 2 aromatic heterocycles. The summed E-state index contributed by atoms with van der Waals surface area (Å²) in [5, 5.41) is 1.79. The number of thioether (sulfide) groups is 1. The number of aromatic nitrogens is 1. The fourth-order valence-corrected chi connectivity index (χ4v) is 2.54. The second-order valence-electron chi connectivity index (χ2n) is 3.69. The number of rotatable bonds is 4. The molecule has 0 bridgehead atoms. The molecule has 104 valence electrons. The van der Waals surface area contributed by atoms with Crippen LogP contribution in [0.4, 0.5) is 5.82 Å². The minimum atomic E-state index is -0.326. The highest BCUT2D eigenvalue weighted by Gasteiger charge is 2.08. The van der Waals surface area contributed by atoms with Crippen LogP contribution in [-0.4, -0.2) is 22.6 Å². The lowest BCUT2D eigenvalue weighted by Gasteiger charge is -2.06. The molecule has 0 fully saturated rings. The molecule has 0 aliphatic heterocycles. The minimum Gasteiger partial charge on any atom is -0.384 e. The van der Waals surface area contributed by atoms with E-state index in [1.807, 2.05) is 0 Å². The Morgan fingerprint density at radius 3 is 2.80 bits per heavy atom. The monoisotopic (exact) mass is 308 g/mol. The number of nitrogens with one attached hydrogen (secondary N) is 2. The smallest absolute Gasteiger partial charge is 0.279 e. The first kappa shape index (κ1) is 14.4. The Bertz CT molecular complexity index is 584. The van der Waals surface area contributed by atoms with Gasteiger partial charge in [0.25, 0.3) is 5.91 Å². The fourth-order valence-electron chi connectivity index (χ4n) is 1.26. The minimum absolute atomic E-state index is 0.177. The van der Waals surface area contributed by atoms with E-state index in [2.05, 4.69) is 15.8 Å². The summed E-state index contributed by atoms with van der Waals surface area (Å²) in [6, 6.07) is 6.90. The first-order chi connectivity index (χ1) is 9.65. The van der Waals surface area contributed by atoms with Gasteiger partial charge in [0, 0.05) is 11.1 Å². The van der Waals surface area contributed by atoms with Crippen LogP contribution in [0, 0.1) is 0 Å². The Labute approximate surface area is 123 Å². The Morgan fingerprint density at radius 1 is 1.30 bits per heavy atom. The van der Waals surface area contributed by atoms with Gasteiger partial charge in [-0.05, 0) is 23.6 Å². The molecular formula is C12H12N4O2S2. The van der Waals surface area contributed by atoms with Crippen molar-refractivity contribution in [3.05, 3.63) is 40.7 Å². The number of anilines is 1. The van der Waals surface area contributed by atoms with E-state index < -0.39 is 0 Å². The lowest BCUT2D eigenvalue weighted by Crippen LogP contribution is -2.42. The SMILES string of the molecule is Nc1ccc(SCC(=O)NNC(=O)c2cccs2)cn1. The first-order valence-electron chi connectivity index (χ1n) is 5.62. The second-order valence-corrected chi connectivity index (χ2v) is 5.68. The summed E-state index contributed by atoms with van der Waals surface area (Å²) in [6.07, 6.45) is 1.59. The van der Waals surface area contributed by atoms with E-state index in [1.54, 1.807) is 35.8 Å². The van der Waals surface area contributed by atoms with Gasteiger partial charge in [-0.15, -0.1) is 23.1 Å². The summed E-state index contributed by atoms with van der Waals surface area (Å²) < 4.78 is 0. The summed E-state index contributed by atoms with van der Waals surface area (Å²) in [6.45, 7) is 0. The van der Waals surface area contributed by atoms with Crippen molar-refractivity contribution in [3.8, 4) is 0 Å². The van der Waals surface area contributed by atoms with Gasteiger partial charge < -0.3 is 5.73 Å². The van der Waals surface area contributed by atoms with Crippen LogP contribution < -0.4 is 16.6 Å². The molecule has 0 spiro atoms. The highest BCUT2D eigenvalue weighted by Crippen LogP contribution is 2.16.